The third kappa shape index (κ3) is 3.58. The molecule has 206 valence electrons. The number of fused-ring (bicyclic) bond motifs is 3. The Kier molecular flexibility index (Phi) is 6.15. The van der Waals surface area contributed by atoms with Crippen molar-refractivity contribution in [3.05, 3.63) is 23.3 Å². The van der Waals surface area contributed by atoms with Crippen LogP contribution in [-0.4, -0.2) is 34.9 Å². The second-order valence-electron chi connectivity index (χ2n) is 14.5. The van der Waals surface area contributed by atoms with Crippen LogP contribution in [0.5, 0.6) is 0 Å². The molecule has 37 heavy (non-hydrogen) atoms. The van der Waals surface area contributed by atoms with Gasteiger partial charge < -0.3 is 14.6 Å². The zero-order valence-electron chi connectivity index (χ0n) is 24.2. The van der Waals surface area contributed by atoms with Gasteiger partial charge in [0, 0.05) is 31.1 Å². The Bertz CT molecular complexity index is 1040. The molecule has 0 radical (unpaired) electrons. The standard InChI is InChI=1S/C32H48O5/c1-19(2)17-21(36-20(3)33)18-31(8)25-12-15-30(7)23-9-10-24-28(4,5)26(34)13-14-29(24,6)22(23)11-16-32(25,30)27(35)37-31/h21,24-26,34H,1,9-18H2,2-8H3/t21-,24+,25-,26+,29-,30+,31+,32-/m1/s1. The van der Waals surface area contributed by atoms with Gasteiger partial charge in [-0.15, -0.1) is 6.58 Å². The first kappa shape index (κ1) is 27.0. The van der Waals surface area contributed by atoms with Crippen LogP contribution in [0.3, 0.4) is 0 Å². The normalized spacial score (nSPS) is 44.8. The van der Waals surface area contributed by atoms with Crippen LogP contribution in [-0.2, 0) is 19.1 Å². The van der Waals surface area contributed by atoms with Gasteiger partial charge in [-0.1, -0.05) is 44.4 Å². The lowest BCUT2D eigenvalue weighted by Crippen LogP contribution is -2.56. The maximum Gasteiger partial charge on any atom is 0.313 e. The van der Waals surface area contributed by atoms with Gasteiger partial charge in [0.1, 0.15) is 11.7 Å². The molecule has 4 aliphatic carbocycles. The van der Waals surface area contributed by atoms with E-state index in [2.05, 4.69) is 41.2 Å². The lowest BCUT2D eigenvalue weighted by molar-refractivity contribution is -0.161. The summed E-state index contributed by atoms with van der Waals surface area (Å²) in [5.41, 5.74) is 2.73. The van der Waals surface area contributed by atoms with Crippen LogP contribution in [0.4, 0.5) is 0 Å². The Hall–Kier alpha value is -1.62. The van der Waals surface area contributed by atoms with Crippen LogP contribution in [0.15, 0.2) is 23.3 Å². The van der Waals surface area contributed by atoms with E-state index < -0.39 is 11.0 Å². The van der Waals surface area contributed by atoms with E-state index >= 15 is 0 Å². The largest absolute Gasteiger partial charge is 0.462 e. The first-order valence-corrected chi connectivity index (χ1v) is 14.6. The topological polar surface area (TPSA) is 72.8 Å². The van der Waals surface area contributed by atoms with E-state index in [0.717, 1.165) is 56.9 Å². The van der Waals surface area contributed by atoms with Gasteiger partial charge in [0.05, 0.1) is 11.5 Å². The Balaban J connectivity index is 1.51. The first-order chi connectivity index (χ1) is 17.1. The molecule has 1 heterocycles. The fourth-order valence-corrected chi connectivity index (χ4v) is 10.5. The van der Waals surface area contributed by atoms with E-state index in [0.29, 0.717) is 18.8 Å². The van der Waals surface area contributed by atoms with Crippen molar-refractivity contribution < 1.29 is 24.2 Å². The molecule has 1 saturated heterocycles. The van der Waals surface area contributed by atoms with Crippen LogP contribution < -0.4 is 0 Å². The van der Waals surface area contributed by atoms with Crippen molar-refractivity contribution in [1.82, 2.24) is 0 Å². The number of allylic oxidation sites excluding steroid dienone is 2. The number of aliphatic hydroxyl groups is 1. The molecule has 3 fully saturated rings. The fourth-order valence-electron chi connectivity index (χ4n) is 10.5. The maximum absolute atomic E-state index is 14.0. The number of rotatable bonds is 5. The summed E-state index contributed by atoms with van der Waals surface area (Å²) in [5.74, 6) is 0.243. The summed E-state index contributed by atoms with van der Waals surface area (Å²) in [6.45, 7) is 18.8. The lowest BCUT2D eigenvalue weighted by atomic mass is 9.43. The highest BCUT2D eigenvalue weighted by Gasteiger charge is 2.75. The van der Waals surface area contributed by atoms with Crippen LogP contribution in [0.25, 0.3) is 0 Å². The molecule has 5 rings (SSSR count). The Morgan fingerprint density at radius 1 is 1.03 bits per heavy atom. The number of ether oxygens (including phenoxy) is 2. The lowest BCUT2D eigenvalue weighted by Gasteiger charge is -2.61. The van der Waals surface area contributed by atoms with Crippen molar-refractivity contribution in [3.63, 3.8) is 0 Å². The van der Waals surface area contributed by atoms with Gasteiger partial charge in [-0.05, 0) is 82.0 Å². The van der Waals surface area contributed by atoms with Crippen LogP contribution in [0.1, 0.15) is 113 Å². The summed E-state index contributed by atoms with van der Waals surface area (Å²) in [6.07, 6.45) is 8.25. The zero-order valence-corrected chi connectivity index (χ0v) is 24.2. The van der Waals surface area contributed by atoms with Crippen LogP contribution in [0, 0.1) is 33.5 Å². The number of hydrogen-bond donors (Lipinski definition) is 1. The molecule has 1 spiro atoms. The van der Waals surface area contributed by atoms with E-state index in [1.165, 1.54) is 12.5 Å². The second kappa shape index (κ2) is 8.44. The minimum absolute atomic E-state index is 0.0323. The number of esters is 2. The highest BCUT2D eigenvalue weighted by atomic mass is 16.6. The predicted octanol–water partition coefficient (Wildman–Crippen LogP) is 6.68. The summed E-state index contributed by atoms with van der Waals surface area (Å²) >= 11 is 0. The monoisotopic (exact) mass is 512 g/mol. The Morgan fingerprint density at radius 3 is 2.38 bits per heavy atom. The Labute approximate surface area is 223 Å². The molecule has 5 heteroatoms. The average Bonchev–Trinajstić information content (AvgIpc) is 3.20. The molecular formula is C32H48O5. The summed E-state index contributed by atoms with van der Waals surface area (Å²) < 4.78 is 12.1. The van der Waals surface area contributed by atoms with Gasteiger partial charge in [-0.25, -0.2) is 0 Å². The van der Waals surface area contributed by atoms with Crippen LogP contribution in [0.2, 0.25) is 0 Å². The molecule has 5 nitrogen and oxygen atoms in total. The molecule has 0 amide bonds. The van der Waals surface area contributed by atoms with Crippen molar-refractivity contribution in [2.45, 2.75) is 130 Å². The summed E-state index contributed by atoms with van der Waals surface area (Å²) in [5, 5.41) is 10.9. The minimum Gasteiger partial charge on any atom is -0.462 e. The van der Waals surface area contributed by atoms with Crippen molar-refractivity contribution in [2.24, 2.45) is 33.5 Å². The maximum atomic E-state index is 14.0. The van der Waals surface area contributed by atoms with Gasteiger partial charge in [0.25, 0.3) is 0 Å². The first-order valence-electron chi connectivity index (χ1n) is 14.6. The third-order valence-corrected chi connectivity index (χ3v) is 12.1. The van der Waals surface area contributed by atoms with Gasteiger partial charge >= 0.3 is 11.9 Å². The number of cyclic esters (lactones) is 1. The van der Waals surface area contributed by atoms with Gasteiger partial charge in [0.2, 0.25) is 0 Å². The molecule has 0 unspecified atom stereocenters. The van der Waals surface area contributed by atoms with E-state index in [1.807, 2.05) is 6.92 Å². The van der Waals surface area contributed by atoms with E-state index in [-0.39, 0.29) is 46.3 Å². The SMILES string of the molecule is C=C(C)C[C@H](C[C@]1(C)OC(=O)[C@]23CCC4=C(CC[C@H]5C(C)(C)[C@@H](O)CC[C@]45C)[C@]2(C)CC[C@@H]31)OC(C)=O. The van der Waals surface area contributed by atoms with Crippen molar-refractivity contribution in [1.29, 1.82) is 0 Å². The van der Waals surface area contributed by atoms with E-state index in [1.54, 1.807) is 5.57 Å². The van der Waals surface area contributed by atoms with Crippen molar-refractivity contribution in [3.8, 4) is 0 Å². The van der Waals surface area contributed by atoms with E-state index in [9.17, 15) is 14.7 Å². The molecule has 0 bridgehead atoms. The number of aliphatic hydroxyl groups excluding tert-OH is 1. The number of hydrogen-bond acceptors (Lipinski definition) is 5. The molecule has 0 aromatic rings. The average molecular weight is 513 g/mol. The van der Waals surface area contributed by atoms with Crippen molar-refractivity contribution in [2.75, 3.05) is 0 Å². The quantitative estimate of drug-likeness (QED) is 0.329. The van der Waals surface area contributed by atoms with Crippen LogP contribution >= 0.6 is 0 Å². The molecule has 8 atom stereocenters. The minimum atomic E-state index is -0.652. The molecule has 1 N–H and O–H groups in total. The molecule has 0 aromatic carbocycles. The fraction of sp³-hybridized carbons (Fsp3) is 0.812. The van der Waals surface area contributed by atoms with Gasteiger partial charge in [-0.2, -0.15) is 0 Å². The molecule has 1 aliphatic heterocycles. The highest BCUT2D eigenvalue weighted by molar-refractivity contribution is 5.83. The number of carbonyl (C=O) groups is 2. The zero-order chi connectivity index (χ0) is 27.2. The molecular weight excluding hydrogens is 464 g/mol. The summed E-state index contributed by atoms with van der Waals surface area (Å²) in [6, 6.07) is 0. The summed E-state index contributed by atoms with van der Waals surface area (Å²) in [7, 11) is 0. The summed E-state index contributed by atoms with van der Waals surface area (Å²) in [4.78, 5) is 25.9. The second-order valence-corrected chi connectivity index (χ2v) is 14.5. The molecule has 0 aromatic heterocycles. The third-order valence-electron chi connectivity index (χ3n) is 12.1. The molecule has 5 aliphatic rings. The predicted molar refractivity (Wildman–Crippen MR) is 143 cm³/mol. The molecule has 2 saturated carbocycles. The smallest absolute Gasteiger partial charge is 0.313 e. The number of carbonyl (C=O) groups excluding carboxylic acids is 2. The van der Waals surface area contributed by atoms with E-state index in [4.69, 9.17) is 9.47 Å². The van der Waals surface area contributed by atoms with Gasteiger partial charge in [0.15, 0.2) is 0 Å². The Morgan fingerprint density at radius 2 is 1.73 bits per heavy atom. The highest BCUT2D eigenvalue weighted by Crippen LogP contribution is 2.75. The van der Waals surface area contributed by atoms with Gasteiger partial charge in [-0.3, -0.25) is 9.59 Å². The van der Waals surface area contributed by atoms with Crippen molar-refractivity contribution >= 4 is 11.9 Å².